The van der Waals surface area contributed by atoms with E-state index < -0.39 is 42.0 Å². The fourth-order valence-corrected chi connectivity index (χ4v) is 4.31. The Bertz CT molecular complexity index is 958. The zero-order chi connectivity index (χ0) is 27.2. The van der Waals surface area contributed by atoms with Gasteiger partial charge >= 0.3 is 6.09 Å². The highest BCUT2D eigenvalue weighted by molar-refractivity contribution is 5.95. The normalized spacial score (nSPS) is 19.4. The zero-order valence-corrected chi connectivity index (χ0v) is 22.6. The molecule has 4 N–H and O–H groups in total. The fraction of sp³-hybridized carbons (Fsp3) is 0.630. The van der Waals surface area contributed by atoms with Gasteiger partial charge in [0.1, 0.15) is 17.7 Å². The number of carbonyl (C=O) groups is 4. The van der Waals surface area contributed by atoms with E-state index in [0.29, 0.717) is 12.0 Å². The van der Waals surface area contributed by atoms with Gasteiger partial charge in [0.15, 0.2) is 0 Å². The minimum absolute atomic E-state index is 0.0790. The van der Waals surface area contributed by atoms with Gasteiger partial charge < -0.3 is 26.0 Å². The third-order valence-electron chi connectivity index (χ3n) is 6.07. The van der Waals surface area contributed by atoms with E-state index in [1.807, 2.05) is 52.0 Å². The molecule has 2 rings (SSSR count). The topological polar surface area (TPSA) is 131 Å². The van der Waals surface area contributed by atoms with Gasteiger partial charge in [-0.2, -0.15) is 0 Å². The molecule has 0 saturated heterocycles. The monoisotopic (exact) mass is 502 g/mol. The first-order valence-electron chi connectivity index (χ1n) is 12.7. The predicted octanol–water partition coefficient (Wildman–Crippen LogP) is 3.35. The maximum Gasteiger partial charge on any atom is 0.408 e. The summed E-state index contributed by atoms with van der Waals surface area (Å²) in [6.07, 6.45) is 1.16. The third-order valence-corrected chi connectivity index (χ3v) is 6.07. The molecule has 5 atom stereocenters. The van der Waals surface area contributed by atoms with Crippen LogP contribution in [0.25, 0.3) is 0 Å². The summed E-state index contributed by atoms with van der Waals surface area (Å²) in [7, 11) is 0. The van der Waals surface area contributed by atoms with Crippen LogP contribution in [0.2, 0.25) is 0 Å². The lowest BCUT2D eigenvalue weighted by Crippen LogP contribution is -2.55. The maximum absolute atomic E-state index is 14.0. The molecule has 1 aromatic carbocycles. The smallest absolute Gasteiger partial charge is 0.408 e. The van der Waals surface area contributed by atoms with Crippen molar-refractivity contribution >= 4 is 23.8 Å². The molecule has 0 radical (unpaired) electrons. The summed E-state index contributed by atoms with van der Waals surface area (Å²) < 4.78 is 5.31. The summed E-state index contributed by atoms with van der Waals surface area (Å²) in [5.74, 6) is -1.43. The lowest BCUT2D eigenvalue weighted by Gasteiger charge is -2.35. The Kier molecular flexibility index (Phi) is 9.90. The number of nitrogens with one attached hydrogen (secondary N) is 2. The summed E-state index contributed by atoms with van der Waals surface area (Å²) in [5, 5.41) is 5.56. The van der Waals surface area contributed by atoms with Gasteiger partial charge in [0.2, 0.25) is 17.7 Å². The number of hydrogen-bond acceptors (Lipinski definition) is 5. The van der Waals surface area contributed by atoms with Crippen molar-refractivity contribution in [3.63, 3.8) is 0 Å². The van der Waals surface area contributed by atoms with Gasteiger partial charge in [-0.05, 0) is 58.9 Å². The van der Waals surface area contributed by atoms with Gasteiger partial charge in [-0.3, -0.25) is 14.4 Å². The third kappa shape index (κ3) is 8.53. The summed E-state index contributed by atoms with van der Waals surface area (Å²) in [6, 6.07) is 4.98. The van der Waals surface area contributed by atoms with Gasteiger partial charge in [0, 0.05) is 12.1 Å². The summed E-state index contributed by atoms with van der Waals surface area (Å²) in [6.45, 7) is 13.0. The standard InChI is InChI=1S/C27H42N4O5/c1-8-10-18(4)29-24(33)23(19-12-9-11-16(2)13-19)31(21-14-17(21)3)25(34)20(15-22(28)32)30-26(35)36-27(5,6)7/h9,11-13,17-18,20-21,23H,8,10,14-15H2,1-7H3,(H2,28,32)(H,29,33)(H,30,35). The quantitative estimate of drug-likeness (QED) is 0.427. The van der Waals surface area contributed by atoms with Crippen LogP contribution in [0, 0.1) is 12.8 Å². The van der Waals surface area contributed by atoms with E-state index in [-0.39, 0.29) is 23.9 Å². The number of amides is 4. The van der Waals surface area contributed by atoms with Gasteiger partial charge in [-0.25, -0.2) is 4.79 Å². The Morgan fingerprint density at radius 1 is 1.19 bits per heavy atom. The van der Waals surface area contributed by atoms with Crippen LogP contribution in [0.1, 0.15) is 84.4 Å². The molecule has 0 aromatic heterocycles. The number of aryl methyl sites for hydroxylation is 1. The Morgan fingerprint density at radius 2 is 1.83 bits per heavy atom. The number of nitrogens with zero attached hydrogens (tertiary/aromatic N) is 1. The Morgan fingerprint density at radius 3 is 2.33 bits per heavy atom. The molecule has 0 spiro atoms. The van der Waals surface area contributed by atoms with Crippen LogP contribution in [0.15, 0.2) is 24.3 Å². The van der Waals surface area contributed by atoms with Crippen LogP contribution in [0.3, 0.4) is 0 Å². The van der Waals surface area contributed by atoms with Crippen molar-refractivity contribution in [1.29, 1.82) is 0 Å². The van der Waals surface area contributed by atoms with E-state index in [4.69, 9.17) is 10.5 Å². The first-order valence-corrected chi connectivity index (χ1v) is 12.7. The molecule has 1 aromatic rings. The molecule has 0 aliphatic heterocycles. The van der Waals surface area contributed by atoms with Crippen molar-refractivity contribution in [2.75, 3.05) is 0 Å². The van der Waals surface area contributed by atoms with Crippen LogP contribution in [0.5, 0.6) is 0 Å². The Balaban J connectivity index is 2.49. The van der Waals surface area contributed by atoms with Crippen molar-refractivity contribution in [2.24, 2.45) is 11.7 Å². The van der Waals surface area contributed by atoms with E-state index in [1.165, 1.54) is 4.90 Å². The molecule has 0 bridgehead atoms. The minimum atomic E-state index is -1.27. The molecule has 1 aliphatic rings. The number of carbonyl (C=O) groups excluding carboxylic acids is 4. The molecule has 1 fully saturated rings. The highest BCUT2D eigenvalue weighted by Gasteiger charge is 2.48. The van der Waals surface area contributed by atoms with E-state index in [0.717, 1.165) is 18.4 Å². The molecule has 5 unspecified atom stereocenters. The maximum atomic E-state index is 14.0. The number of ether oxygens (including phenoxy) is 1. The molecule has 1 saturated carbocycles. The largest absolute Gasteiger partial charge is 0.444 e. The molecule has 200 valence electrons. The summed E-state index contributed by atoms with van der Waals surface area (Å²) in [4.78, 5) is 53.6. The zero-order valence-electron chi connectivity index (χ0n) is 22.6. The number of rotatable bonds is 11. The van der Waals surface area contributed by atoms with Gasteiger partial charge in [0.05, 0.1) is 6.42 Å². The number of hydrogen-bond donors (Lipinski definition) is 3. The molecular weight excluding hydrogens is 460 g/mol. The minimum Gasteiger partial charge on any atom is -0.444 e. The van der Waals surface area contributed by atoms with Crippen LogP contribution < -0.4 is 16.4 Å². The van der Waals surface area contributed by atoms with E-state index in [9.17, 15) is 19.2 Å². The first-order chi connectivity index (χ1) is 16.7. The van der Waals surface area contributed by atoms with Crippen LogP contribution in [-0.2, 0) is 19.1 Å². The lowest BCUT2D eigenvalue weighted by atomic mass is 9.99. The highest BCUT2D eigenvalue weighted by atomic mass is 16.6. The van der Waals surface area contributed by atoms with Gasteiger partial charge in [0.25, 0.3) is 0 Å². The van der Waals surface area contributed by atoms with Crippen molar-refractivity contribution in [3.8, 4) is 0 Å². The van der Waals surface area contributed by atoms with E-state index >= 15 is 0 Å². The predicted molar refractivity (Wildman–Crippen MR) is 138 cm³/mol. The van der Waals surface area contributed by atoms with Crippen molar-refractivity contribution in [2.45, 2.75) is 104 Å². The number of alkyl carbamates (subject to hydrolysis) is 1. The summed E-state index contributed by atoms with van der Waals surface area (Å²) >= 11 is 0. The second-order valence-corrected chi connectivity index (χ2v) is 10.9. The van der Waals surface area contributed by atoms with Crippen LogP contribution in [-0.4, -0.2) is 52.4 Å². The van der Waals surface area contributed by atoms with Gasteiger partial charge in [-0.1, -0.05) is 50.1 Å². The van der Waals surface area contributed by atoms with Crippen LogP contribution >= 0.6 is 0 Å². The molecule has 1 aliphatic carbocycles. The number of primary amides is 1. The van der Waals surface area contributed by atoms with Gasteiger partial charge in [-0.15, -0.1) is 0 Å². The van der Waals surface area contributed by atoms with Crippen molar-refractivity contribution in [3.05, 3.63) is 35.4 Å². The molecule has 4 amide bonds. The average molecular weight is 503 g/mol. The fourth-order valence-electron chi connectivity index (χ4n) is 4.31. The Labute approximate surface area is 214 Å². The molecule has 36 heavy (non-hydrogen) atoms. The van der Waals surface area contributed by atoms with Crippen molar-refractivity contribution < 1.29 is 23.9 Å². The second kappa shape index (κ2) is 12.2. The molecule has 9 heteroatoms. The highest BCUT2D eigenvalue weighted by Crippen LogP contribution is 2.41. The lowest BCUT2D eigenvalue weighted by molar-refractivity contribution is -0.144. The Hall–Kier alpha value is -3.10. The average Bonchev–Trinajstić information content (AvgIpc) is 3.45. The van der Waals surface area contributed by atoms with Crippen LogP contribution in [0.4, 0.5) is 4.79 Å². The molecular formula is C27H42N4O5. The first kappa shape index (κ1) is 29.1. The van der Waals surface area contributed by atoms with Crippen molar-refractivity contribution in [1.82, 2.24) is 15.5 Å². The summed E-state index contributed by atoms with van der Waals surface area (Å²) in [5.41, 5.74) is 6.25. The second-order valence-electron chi connectivity index (χ2n) is 10.9. The number of benzene rings is 1. The molecule has 9 nitrogen and oxygen atoms in total. The molecule has 0 heterocycles. The van der Waals surface area contributed by atoms with E-state index in [2.05, 4.69) is 10.6 Å². The number of nitrogens with two attached hydrogens (primary N) is 1. The SMILES string of the molecule is CCCC(C)NC(=O)C(c1cccc(C)c1)N(C(=O)C(CC(N)=O)NC(=O)OC(C)(C)C)C1CC1C. The van der Waals surface area contributed by atoms with E-state index in [1.54, 1.807) is 20.8 Å².